The van der Waals surface area contributed by atoms with Gasteiger partial charge in [-0.15, -0.1) is 11.3 Å². The van der Waals surface area contributed by atoms with Crippen LogP contribution in [0.3, 0.4) is 0 Å². The first-order valence-corrected chi connectivity index (χ1v) is 6.42. The quantitative estimate of drug-likeness (QED) is 0.834. The molecule has 0 amide bonds. The van der Waals surface area contributed by atoms with Crippen LogP contribution in [-0.4, -0.2) is 12.0 Å². The van der Waals surface area contributed by atoms with Crippen molar-refractivity contribution in [2.45, 2.75) is 13.0 Å². The maximum absolute atomic E-state index is 13.7. The summed E-state index contributed by atoms with van der Waals surface area (Å²) < 4.78 is 13.7. The molecule has 0 aliphatic carbocycles. The Bertz CT molecular complexity index is 501. The van der Waals surface area contributed by atoms with E-state index in [0.29, 0.717) is 10.8 Å². The molecule has 2 aromatic rings. The van der Waals surface area contributed by atoms with E-state index < -0.39 is 5.82 Å². The number of hydrogen-bond donors (Lipinski definition) is 0. The Hall–Kier alpha value is -1.13. The second-order valence-corrected chi connectivity index (χ2v) is 5.18. The van der Waals surface area contributed by atoms with Crippen LogP contribution in [-0.2, 0) is 0 Å². The first-order valence-electron chi connectivity index (χ1n) is 5.17. The standard InChI is InChI=1S/C12H12ClFN2S/c1-8(11-4-3-5-17-11)16(2)12-10(14)6-9(13)7-15-12/h3-8H,1-2H3. The van der Waals surface area contributed by atoms with Crippen LogP contribution >= 0.6 is 22.9 Å². The van der Waals surface area contributed by atoms with Gasteiger partial charge in [0.05, 0.1) is 11.1 Å². The Kier molecular flexibility index (Phi) is 3.64. The topological polar surface area (TPSA) is 16.1 Å². The fourth-order valence-electron chi connectivity index (χ4n) is 1.57. The van der Waals surface area contributed by atoms with E-state index in [1.54, 1.807) is 16.2 Å². The van der Waals surface area contributed by atoms with Gasteiger partial charge < -0.3 is 4.90 Å². The average Bonchev–Trinajstić information content (AvgIpc) is 2.80. The highest BCUT2D eigenvalue weighted by Crippen LogP contribution is 2.29. The molecule has 5 heteroatoms. The van der Waals surface area contributed by atoms with E-state index in [1.165, 1.54) is 17.1 Å². The molecular weight excluding hydrogens is 259 g/mol. The maximum atomic E-state index is 13.7. The Morgan fingerprint density at radius 1 is 1.53 bits per heavy atom. The second-order valence-electron chi connectivity index (χ2n) is 3.76. The molecule has 0 saturated carbocycles. The van der Waals surface area contributed by atoms with Gasteiger partial charge in [-0.05, 0) is 24.4 Å². The fourth-order valence-corrected chi connectivity index (χ4v) is 2.54. The molecule has 0 saturated heterocycles. The SMILES string of the molecule is CC(c1cccs1)N(C)c1ncc(Cl)cc1F. The van der Waals surface area contributed by atoms with Crippen molar-refractivity contribution < 1.29 is 4.39 Å². The van der Waals surface area contributed by atoms with Gasteiger partial charge in [0.25, 0.3) is 0 Å². The monoisotopic (exact) mass is 270 g/mol. The number of rotatable bonds is 3. The van der Waals surface area contributed by atoms with Gasteiger partial charge in [0.1, 0.15) is 0 Å². The van der Waals surface area contributed by atoms with Gasteiger partial charge in [0.15, 0.2) is 11.6 Å². The van der Waals surface area contributed by atoms with Crippen molar-refractivity contribution in [3.8, 4) is 0 Å². The normalized spacial score (nSPS) is 12.5. The third-order valence-electron chi connectivity index (χ3n) is 2.66. The van der Waals surface area contributed by atoms with Crippen LogP contribution < -0.4 is 4.90 Å². The lowest BCUT2D eigenvalue weighted by Crippen LogP contribution is -2.23. The van der Waals surface area contributed by atoms with Gasteiger partial charge in [-0.25, -0.2) is 9.37 Å². The molecule has 1 atom stereocenters. The summed E-state index contributed by atoms with van der Waals surface area (Å²) in [5.41, 5.74) is 0. The lowest BCUT2D eigenvalue weighted by atomic mass is 10.2. The smallest absolute Gasteiger partial charge is 0.167 e. The summed E-state index contributed by atoms with van der Waals surface area (Å²) in [5.74, 6) is -0.0845. The van der Waals surface area contributed by atoms with Crippen LogP contribution in [0.2, 0.25) is 5.02 Å². The lowest BCUT2D eigenvalue weighted by Gasteiger charge is -2.25. The van der Waals surface area contributed by atoms with Crippen molar-refractivity contribution in [1.82, 2.24) is 4.98 Å². The minimum atomic E-state index is -0.400. The summed E-state index contributed by atoms with van der Waals surface area (Å²) in [6.07, 6.45) is 1.46. The molecule has 2 aromatic heterocycles. The molecular formula is C12H12ClFN2S. The zero-order chi connectivity index (χ0) is 12.4. The van der Waals surface area contributed by atoms with Crippen molar-refractivity contribution >= 4 is 28.8 Å². The van der Waals surface area contributed by atoms with Gasteiger partial charge in [0.2, 0.25) is 0 Å². The zero-order valence-corrected chi connectivity index (χ0v) is 11.1. The number of hydrogen-bond acceptors (Lipinski definition) is 3. The molecule has 0 aliphatic rings. The summed E-state index contributed by atoms with van der Waals surface area (Å²) in [6, 6.07) is 5.37. The minimum absolute atomic E-state index is 0.0816. The van der Waals surface area contributed by atoms with Crippen LogP contribution in [0.25, 0.3) is 0 Å². The molecule has 0 N–H and O–H groups in total. The van der Waals surface area contributed by atoms with Crippen LogP contribution in [0.1, 0.15) is 17.8 Å². The Balaban J connectivity index is 2.28. The number of halogens is 2. The summed E-state index contributed by atoms with van der Waals surface area (Å²) in [6.45, 7) is 2.02. The summed E-state index contributed by atoms with van der Waals surface area (Å²) >= 11 is 7.33. The van der Waals surface area contributed by atoms with E-state index in [1.807, 2.05) is 31.5 Å². The predicted octanol–water partition coefficient (Wildman–Crippen LogP) is 4.13. The number of pyridine rings is 1. The zero-order valence-electron chi connectivity index (χ0n) is 9.52. The molecule has 0 aromatic carbocycles. The molecule has 0 radical (unpaired) electrons. The number of aromatic nitrogens is 1. The summed E-state index contributed by atoms with van der Waals surface area (Å²) in [4.78, 5) is 7.01. The van der Waals surface area contributed by atoms with Crippen molar-refractivity contribution in [2.24, 2.45) is 0 Å². The molecule has 0 bridgehead atoms. The third kappa shape index (κ3) is 2.58. The van der Waals surface area contributed by atoms with Gasteiger partial charge in [0, 0.05) is 18.1 Å². The molecule has 2 heterocycles. The lowest BCUT2D eigenvalue weighted by molar-refractivity contribution is 0.604. The first-order chi connectivity index (χ1) is 8.09. The molecule has 17 heavy (non-hydrogen) atoms. The van der Waals surface area contributed by atoms with Gasteiger partial charge in [-0.3, -0.25) is 0 Å². The minimum Gasteiger partial charge on any atom is -0.350 e. The Labute approximate surface area is 109 Å². The highest BCUT2D eigenvalue weighted by atomic mass is 35.5. The molecule has 0 aliphatic heterocycles. The van der Waals surface area contributed by atoms with Gasteiger partial charge in [-0.1, -0.05) is 17.7 Å². The second kappa shape index (κ2) is 5.02. The molecule has 90 valence electrons. The van der Waals surface area contributed by atoms with Gasteiger partial charge >= 0.3 is 0 Å². The van der Waals surface area contributed by atoms with E-state index in [0.717, 1.165) is 0 Å². The van der Waals surface area contributed by atoms with E-state index in [-0.39, 0.29) is 6.04 Å². The summed E-state index contributed by atoms with van der Waals surface area (Å²) in [7, 11) is 1.82. The van der Waals surface area contributed by atoms with Crippen molar-refractivity contribution in [3.05, 3.63) is 45.5 Å². The van der Waals surface area contributed by atoms with Crippen LogP contribution in [0.4, 0.5) is 10.2 Å². The predicted molar refractivity (Wildman–Crippen MR) is 70.3 cm³/mol. The van der Waals surface area contributed by atoms with Gasteiger partial charge in [-0.2, -0.15) is 0 Å². The van der Waals surface area contributed by atoms with Crippen LogP contribution in [0.15, 0.2) is 29.8 Å². The van der Waals surface area contributed by atoms with Crippen LogP contribution in [0, 0.1) is 5.82 Å². The maximum Gasteiger partial charge on any atom is 0.167 e. The number of nitrogens with zero attached hydrogens (tertiary/aromatic N) is 2. The number of thiophene rings is 1. The molecule has 1 unspecified atom stereocenters. The Morgan fingerprint density at radius 3 is 2.88 bits per heavy atom. The van der Waals surface area contributed by atoms with E-state index in [4.69, 9.17) is 11.6 Å². The fraction of sp³-hybridized carbons (Fsp3) is 0.250. The molecule has 2 rings (SSSR count). The third-order valence-corrected chi connectivity index (χ3v) is 3.91. The number of anilines is 1. The largest absolute Gasteiger partial charge is 0.350 e. The molecule has 0 fully saturated rings. The summed E-state index contributed by atoms with van der Waals surface area (Å²) in [5, 5.41) is 2.31. The molecule has 0 spiro atoms. The first kappa shape index (κ1) is 12.3. The van der Waals surface area contributed by atoms with Crippen molar-refractivity contribution in [3.63, 3.8) is 0 Å². The van der Waals surface area contributed by atoms with Crippen molar-refractivity contribution in [1.29, 1.82) is 0 Å². The Morgan fingerprint density at radius 2 is 2.29 bits per heavy atom. The van der Waals surface area contributed by atoms with E-state index in [2.05, 4.69) is 4.98 Å². The van der Waals surface area contributed by atoms with Crippen LogP contribution in [0.5, 0.6) is 0 Å². The highest BCUT2D eigenvalue weighted by molar-refractivity contribution is 7.10. The van der Waals surface area contributed by atoms with Crippen molar-refractivity contribution in [2.75, 3.05) is 11.9 Å². The van der Waals surface area contributed by atoms with E-state index in [9.17, 15) is 4.39 Å². The molecule has 2 nitrogen and oxygen atoms in total. The highest BCUT2D eigenvalue weighted by Gasteiger charge is 2.17. The van der Waals surface area contributed by atoms with E-state index >= 15 is 0 Å². The average molecular weight is 271 g/mol.